The fourth-order valence-electron chi connectivity index (χ4n) is 3.99. The molecule has 28 heavy (non-hydrogen) atoms. The van der Waals surface area contributed by atoms with Crippen molar-refractivity contribution in [2.24, 2.45) is 11.8 Å². The number of carbonyl (C=O) groups is 2. The number of amides is 2. The van der Waals surface area contributed by atoms with Crippen LogP contribution in [0.4, 0.5) is 0 Å². The minimum atomic E-state index is -0.222. The number of ether oxygens (including phenoxy) is 1. The van der Waals surface area contributed by atoms with Crippen molar-refractivity contribution in [1.29, 1.82) is 0 Å². The van der Waals surface area contributed by atoms with E-state index in [0.29, 0.717) is 35.3 Å². The second-order valence-corrected chi connectivity index (χ2v) is 7.33. The van der Waals surface area contributed by atoms with Gasteiger partial charge in [-0.05, 0) is 29.5 Å². The molecule has 5 rings (SSSR count). The lowest BCUT2D eigenvalue weighted by Gasteiger charge is -2.11. The third kappa shape index (κ3) is 3.73. The molecule has 3 aliphatic rings. The molecule has 2 heterocycles. The van der Waals surface area contributed by atoms with E-state index in [-0.39, 0.29) is 17.9 Å². The molecular weight excluding hydrogens is 354 g/mol. The lowest BCUT2D eigenvalue weighted by molar-refractivity contribution is 0.0946. The highest BCUT2D eigenvalue weighted by Crippen LogP contribution is 2.41. The lowest BCUT2D eigenvalue weighted by Crippen LogP contribution is -2.32. The number of rotatable bonds is 3. The molecule has 2 amide bonds. The minimum Gasteiger partial charge on any atom is -0.492 e. The van der Waals surface area contributed by atoms with Crippen LogP contribution >= 0.6 is 0 Å². The first kappa shape index (κ1) is 18.5. The number of nitrogens with one attached hydrogen (secondary N) is 3. The third-order valence-corrected chi connectivity index (χ3v) is 5.57. The van der Waals surface area contributed by atoms with Crippen LogP contribution in [0.2, 0.25) is 0 Å². The van der Waals surface area contributed by atoms with E-state index in [0.717, 1.165) is 25.1 Å². The van der Waals surface area contributed by atoms with Crippen LogP contribution in [-0.2, 0) is 6.42 Å². The van der Waals surface area contributed by atoms with Gasteiger partial charge in [0.15, 0.2) is 0 Å². The van der Waals surface area contributed by atoms with Crippen molar-refractivity contribution in [2.45, 2.75) is 12.5 Å². The molecule has 1 saturated heterocycles. The summed E-state index contributed by atoms with van der Waals surface area (Å²) < 4.78 is 5.54. The quantitative estimate of drug-likeness (QED) is 0.757. The molecule has 2 aromatic rings. The van der Waals surface area contributed by atoms with Gasteiger partial charge in [0, 0.05) is 38.2 Å². The third-order valence-electron chi connectivity index (χ3n) is 5.57. The van der Waals surface area contributed by atoms with Gasteiger partial charge in [-0.3, -0.25) is 9.59 Å². The monoisotopic (exact) mass is 379 g/mol. The SMILES string of the molecule is CNC(=O)c1cc(C(=O)NC2C3CNCC32)cc2c1OCC2.c1ccccc1. The highest BCUT2D eigenvalue weighted by molar-refractivity contribution is 6.02. The minimum absolute atomic E-state index is 0.0979. The van der Waals surface area contributed by atoms with Crippen LogP contribution < -0.4 is 20.7 Å². The van der Waals surface area contributed by atoms with Crippen LogP contribution in [-0.4, -0.2) is 44.6 Å². The number of benzene rings is 2. The van der Waals surface area contributed by atoms with Crippen molar-refractivity contribution in [3.63, 3.8) is 0 Å². The molecule has 2 aromatic carbocycles. The zero-order chi connectivity index (χ0) is 19.5. The molecule has 0 bridgehead atoms. The normalized spacial score (nSPS) is 23.4. The molecule has 6 nitrogen and oxygen atoms in total. The standard InChI is InChI=1S/C16H19N3O3.C6H6/c1-17-16(21)10-5-9(4-8-2-3-22-14(8)10)15(20)19-13-11-6-18-7-12(11)13;1-2-4-6-5-3-1/h4-5,11-13,18H,2-3,6-7H2,1H3,(H,17,21)(H,19,20);1-6H. The smallest absolute Gasteiger partial charge is 0.254 e. The fourth-order valence-corrected chi connectivity index (χ4v) is 3.99. The van der Waals surface area contributed by atoms with Gasteiger partial charge in [-0.25, -0.2) is 0 Å². The number of carbonyl (C=O) groups excluding carboxylic acids is 2. The van der Waals surface area contributed by atoms with Crippen LogP contribution in [0.5, 0.6) is 5.75 Å². The van der Waals surface area contributed by atoms with Gasteiger partial charge in [0.25, 0.3) is 11.8 Å². The van der Waals surface area contributed by atoms with Crippen molar-refractivity contribution in [1.82, 2.24) is 16.0 Å². The second kappa shape index (κ2) is 8.02. The molecule has 0 spiro atoms. The summed E-state index contributed by atoms with van der Waals surface area (Å²) in [4.78, 5) is 24.5. The van der Waals surface area contributed by atoms with E-state index < -0.39 is 0 Å². The van der Waals surface area contributed by atoms with Crippen molar-refractivity contribution in [2.75, 3.05) is 26.7 Å². The average molecular weight is 379 g/mol. The van der Waals surface area contributed by atoms with Gasteiger partial charge in [0.1, 0.15) is 5.75 Å². The van der Waals surface area contributed by atoms with Crippen molar-refractivity contribution >= 4 is 11.8 Å². The van der Waals surface area contributed by atoms with Gasteiger partial charge in [-0.15, -0.1) is 0 Å². The first-order valence-electron chi connectivity index (χ1n) is 9.72. The molecular formula is C22H25N3O3. The number of hydrogen-bond donors (Lipinski definition) is 3. The summed E-state index contributed by atoms with van der Waals surface area (Å²) in [6, 6.07) is 15.8. The summed E-state index contributed by atoms with van der Waals surface area (Å²) in [5.74, 6) is 1.43. The molecule has 1 saturated carbocycles. The molecule has 6 heteroatoms. The fraction of sp³-hybridized carbons (Fsp3) is 0.364. The summed E-state index contributed by atoms with van der Waals surface area (Å²) in [5.41, 5.74) is 1.92. The van der Waals surface area contributed by atoms with E-state index in [1.807, 2.05) is 42.5 Å². The van der Waals surface area contributed by atoms with E-state index in [2.05, 4.69) is 16.0 Å². The highest BCUT2D eigenvalue weighted by atomic mass is 16.5. The van der Waals surface area contributed by atoms with Crippen LogP contribution in [0, 0.1) is 11.8 Å². The molecule has 3 N–H and O–H groups in total. The summed E-state index contributed by atoms with van der Waals surface area (Å²) in [6.07, 6.45) is 0.735. The van der Waals surface area contributed by atoms with E-state index in [9.17, 15) is 9.59 Å². The van der Waals surface area contributed by atoms with E-state index in [4.69, 9.17) is 4.74 Å². The number of fused-ring (bicyclic) bond motifs is 2. The Morgan fingerprint density at radius 1 is 1.00 bits per heavy atom. The van der Waals surface area contributed by atoms with Gasteiger partial charge >= 0.3 is 0 Å². The molecule has 1 aliphatic carbocycles. The summed E-state index contributed by atoms with van der Waals surface area (Å²) >= 11 is 0. The zero-order valence-electron chi connectivity index (χ0n) is 15.9. The van der Waals surface area contributed by atoms with Crippen molar-refractivity contribution in [3.05, 3.63) is 65.2 Å². The van der Waals surface area contributed by atoms with E-state index in [1.54, 1.807) is 13.1 Å². The molecule has 2 unspecified atom stereocenters. The zero-order valence-corrected chi connectivity index (χ0v) is 15.9. The Bertz CT molecular complexity index is 832. The largest absolute Gasteiger partial charge is 0.492 e. The number of hydrogen-bond acceptors (Lipinski definition) is 4. The van der Waals surface area contributed by atoms with Crippen LogP contribution in [0.15, 0.2) is 48.5 Å². The predicted octanol–water partition coefficient (Wildman–Crippen LogP) is 1.62. The Morgan fingerprint density at radius 2 is 1.64 bits per heavy atom. The van der Waals surface area contributed by atoms with E-state index >= 15 is 0 Å². The Morgan fingerprint density at radius 3 is 2.25 bits per heavy atom. The molecule has 2 fully saturated rings. The van der Waals surface area contributed by atoms with Gasteiger partial charge in [-0.1, -0.05) is 36.4 Å². The number of piperidine rings is 1. The topological polar surface area (TPSA) is 79.5 Å². The van der Waals surface area contributed by atoms with Gasteiger partial charge in [0.2, 0.25) is 0 Å². The van der Waals surface area contributed by atoms with E-state index in [1.165, 1.54) is 0 Å². The maximum Gasteiger partial charge on any atom is 0.254 e. The van der Waals surface area contributed by atoms with Crippen LogP contribution in [0.1, 0.15) is 26.3 Å². The summed E-state index contributed by atoms with van der Waals surface area (Å²) in [5, 5.41) is 9.01. The van der Waals surface area contributed by atoms with Crippen molar-refractivity contribution < 1.29 is 14.3 Å². The first-order valence-corrected chi connectivity index (χ1v) is 9.72. The Labute approximate surface area is 164 Å². The Balaban J connectivity index is 0.000000275. The summed E-state index contributed by atoms with van der Waals surface area (Å²) in [7, 11) is 1.58. The maximum atomic E-state index is 12.5. The summed E-state index contributed by atoms with van der Waals surface area (Å²) in [6.45, 7) is 2.52. The predicted molar refractivity (Wildman–Crippen MR) is 107 cm³/mol. The van der Waals surface area contributed by atoms with Crippen LogP contribution in [0.25, 0.3) is 0 Å². The second-order valence-electron chi connectivity index (χ2n) is 7.33. The average Bonchev–Trinajstić information content (AvgIpc) is 3.15. The maximum absolute atomic E-state index is 12.5. The Kier molecular flexibility index (Phi) is 5.30. The highest BCUT2D eigenvalue weighted by Gasteiger charge is 2.53. The molecule has 2 atom stereocenters. The molecule has 0 aromatic heterocycles. The first-order chi connectivity index (χ1) is 13.7. The van der Waals surface area contributed by atoms with Crippen molar-refractivity contribution in [3.8, 4) is 5.75 Å². The van der Waals surface area contributed by atoms with Crippen LogP contribution in [0.3, 0.4) is 0 Å². The molecule has 0 radical (unpaired) electrons. The molecule has 146 valence electrons. The van der Waals surface area contributed by atoms with Gasteiger partial charge in [-0.2, -0.15) is 0 Å². The Hall–Kier alpha value is -2.86. The van der Waals surface area contributed by atoms with Gasteiger partial charge in [0.05, 0.1) is 12.2 Å². The van der Waals surface area contributed by atoms with Gasteiger partial charge < -0.3 is 20.7 Å². The molecule has 2 aliphatic heterocycles. The lowest BCUT2D eigenvalue weighted by atomic mass is 10.0.